The van der Waals surface area contributed by atoms with E-state index in [0.717, 1.165) is 24.1 Å². The Hall–Kier alpha value is -2.76. The van der Waals surface area contributed by atoms with E-state index >= 15 is 0 Å². The maximum atomic E-state index is 12.3. The highest BCUT2D eigenvalue weighted by Gasteiger charge is 2.24. The number of carbonyl (C=O) groups is 2. The normalized spacial score (nSPS) is 14.9. The molecule has 0 spiro atoms. The van der Waals surface area contributed by atoms with Crippen LogP contribution in [0.1, 0.15) is 25.3 Å². The van der Waals surface area contributed by atoms with E-state index in [1.54, 1.807) is 11.8 Å². The lowest BCUT2D eigenvalue weighted by molar-refractivity contribution is -0.121. The first-order valence-corrected chi connectivity index (χ1v) is 9.09. The Morgan fingerprint density at radius 3 is 2.38 bits per heavy atom. The number of hydrogen-bond donors (Lipinski definition) is 1. The predicted octanol–water partition coefficient (Wildman–Crippen LogP) is 2.76. The summed E-state index contributed by atoms with van der Waals surface area (Å²) in [5.41, 5.74) is 2.06. The van der Waals surface area contributed by atoms with Crippen LogP contribution in [0.25, 0.3) is 5.69 Å². The summed E-state index contributed by atoms with van der Waals surface area (Å²) in [6.45, 7) is 3.43. The van der Waals surface area contributed by atoms with Crippen LogP contribution in [0.2, 0.25) is 0 Å². The van der Waals surface area contributed by atoms with E-state index in [1.165, 1.54) is 0 Å². The molecule has 138 valence electrons. The van der Waals surface area contributed by atoms with Gasteiger partial charge in [-0.25, -0.2) is 4.79 Å². The first kappa shape index (κ1) is 18.0. The summed E-state index contributed by atoms with van der Waals surface area (Å²) in [5, 5.41) is 3.08. The molecule has 0 unspecified atom stereocenters. The highest BCUT2D eigenvalue weighted by Crippen LogP contribution is 2.13. The summed E-state index contributed by atoms with van der Waals surface area (Å²) in [4.78, 5) is 25.7. The molecular formula is C20H25N3O3. The molecule has 0 saturated carbocycles. The van der Waals surface area contributed by atoms with E-state index in [1.807, 2.05) is 53.4 Å². The molecule has 1 N–H and O–H groups in total. The maximum Gasteiger partial charge on any atom is 0.409 e. The van der Waals surface area contributed by atoms with Gasteiger partial charge in [0, 0.05) is 37.2 Å². The number of nitrogens with one attached hydrogen (secondary N) is 1. The third-order valence-corrected chi connectivity index (χ3v) is 4.59. The molecule has 6 heteroatoms. The van der Waals surface area contributed by atoms with Gasteiger partial charge < -0.3 is 19.5 Å². The van der Waals surface area contributed by atoms with Crippen LogP contribution in [0, 0.1) is 0 Å². The second kappa shape index (κ2) is 8.56. The lowest BCUT2D eigenvalue weighted by Crippen LogP contribution is -2.47. The standard InChI is InChI=1S/C20H25N3O3/c1-2-26-20(25)23-13-9-17(10-14-23)21-19(24)15-16-5-7-18(8-6-16)22-11-3-4-12-22/h3-8,11-12,17H,2,9-10,13-15H2,1H3,(H,21,24). The van der Waals surface area contributed by atoms with Crippen LogP contribution in [-0.4, -0.2) is 47.2 Å². The molecule has 0 radical (unpaired) electrons. The Kier molecular flexibility index (Phi) is 5.94. The molecule has 26 heavy (non-hydrogen) atoms. The van der Waals surface area contributed by atoms with Gasteiger partial charge in [0.15, 0.2) is 0 Å². The van der Waals surface area contributed by atoms with E-state index in [-0.39, 0.29) is 18.0 Å². The Bertz CT molecular complexity index is 717. The summed E-state index contributed by atoms with van der Waals surface area (Å²) >= 11 is 0. The Morgan fingerprint density at radius 1 is 1.12 bits per heavy atom. The van der Waals surface area contributed by atoms with Gasteiger partial charge in [-0.2, -0.15) is 0 Å². The number of piperidine rings is 1. The average Bonchev–Trinajstić information content (AvgIpc) is 3.18. The second-order valence-electron chi connectivity index (χ2n) is 6.46. The molecule has 2 amide bonds. The van der Waals surface area contributed by atoms with Gasteiger partial charge in [0.1, 0.15) is 0 Å². The largest absolute Gasteiger partial charge is 0.450 e. The van der Waals surface area contributed by atoms with Crippen LogP contribution in [-0.2, 0) is 16.0 Å². The molecule has 1 aliphatic heterocycles. The van der Waals surface area contributed by atoms with Gasteiger partial charge in [0.25, 0.3) is 0 Å². The van der Waals surface area contributed by atoms with E-state index in [0.29, 0.717) is 26.1 Å². The minimum absolute atomic E-state index is 0.0216. The lowest BCUT2D eigenvalue weighted by Gasteiger charge is -2.31. The van der Waals surface area contributed by atoms with Crippen molar-refractivity contribution in [3.05, 3.63) is 54.4 Å². The number of benzene rings is 1. The van der Waals surface area contributed by atoms with Crippen molar-refractivity contribution in [1.82, 2.24) is 14.8 Å². The Labute approximate surface area is 153 Å². The maximum absolute atomic E-state index is 12.3. The smallest absolute Gasteiger partial charge is 0.409 e. The van der Waals surface area contributed by atoms with Crippen molar-refractivity contribution >= 4 is 12.0 Å². The zero-order valence-electron chi connectivity index (χ0n) is 15.1. The fourth-order valence-corrected chi connectivity index (χ4v) is 3.18. The topological polar surface area (TPSA) is 63.6 Å². The third kappa shape index (κ3) is 4.65. The van der Waals surface area contributed by atoms with Crippen molar-refractivity contribution in [3.63, 3.8) is 0 Å². The zero-order valence-corrected chi connectivity index (χ0v) is 15.1. The first-order valence-electron chi connectivity index (χ1n) is 9.09. The van der Waals surface area contributed by atoms with Gasteiger partial charge in [-0.15, -0.1) is 0 Å². The molecule has 1 saturated heterocycles. The number of carbonyl (C=O) groups excluding carboxylic acids is 2. The van der Waals surface area contributed by atoms with Crippen molar-refractivity contribution in [2.45, 2.75) is 32.2 Å². The molecule has 0 bridgehead atoms. The minimum atomic E-state index is -0.264. The summed E-state index contributed by atoms with van der Waals surface area (Å²) in [5.74, 6) is 0.0216. The van der Waals surface area contributed by atoms with Gasteiger partial charge in [0.05, 0.1) is 13.0 Å². The average molecular weight is 355 g/mol. The summed E-state index contributed by atoms with van der Waals surface area (Å²) in [6, 6.07) is 12.1. The van der Waals surface area contributed by atoms with Crippen molar-refractivity contribution in [2.24, 2.45) is 0 Å². The summed E-state index contributed by atoms with van der Waals surface area (Å²) in [6.07, 6.45) is 5.60. The summed E-state index contributed by atoms with van der Waals surface area (Å²) < 4.78 is 7.04. The van der Waals surface area contributed by atoms with E-state index in [4.69, 9.17) is 4.74 Å². The highest BCUT2D eigenvalue weighted by molar-refractivity contribution is 5.79. The molecule has 2 aromatic rings. The molecule has 1 aromatic carbocycles. The van der Waals surface area contributed by atoms with Crippen LogP contribution in [0.5, 0.6) is 0 Å². The number of rotatable bonds is 5. The monoisotopic (exact) mass is 355 g/mol. The van der Waals surface area contributed by atoms with Crippen LogP contribution in [0.3, 0.4) is 0 Å². The molecule has 6 nitrogen and oxygen atoms in total. The minimum Gasteiger partial charge on any atom is -0.450 e. The van der Waals surface area contributed by atoms with Crippen LogP contribution in [0.15, 0.2) is 48.8 Å². The van der Waals surface area contributed by atoms with E-state index in [2.05, 4.69) is 5.32 Å². The molecule has 1 aromatic heterocycles. The quantitative estimate of drug-likeness (QED) is 0.897. The first-order chi connectivity index (χ1) is 12.7. The highest BCUT2D eigenvalue weighted by atomic mass is 16.6. The Balaban J connectivity index is 1.45. The number of likely N-dealkylation sites (tertiary alicyclic amines) is 1. The van der Waals surface area contributed by atoms with Gasteiger partial charge in [0.2, 0.25) is 5.91 Å². The van der Waals surface area contributed by atoms with Crippen LogP contribution < -0.4 is 5.32 Å². The fraction of sp³-hybridized carbons (Fsp3) is 0.400. The molecular weight excluding hydrogens is 330 g/mol. The predicted molar refractivity (Wildman–Crippen MR) is 99.2 cm³/mol. The number of ether oxygens (including phenoxy) is 1. The number of amides is 2. The SMILES string of the molecule is CCOC(=O)N1CCC(NC(=O)Cc2ccc(-n3cccc3)cc2)CC1. The molecule has 1 fully saturated rings. The lowest BCUT2D eigenvalue weighted by atomic mass is 10.0. The van der Waals surface area contributed by atoms with E-state index < -0.39 is 0 Å². The molecule has 2 heterocycles. The van der Waals surface area contributed by atoms with Crippen LogP contribution in [0.4, 0.5) is 4.79 Å². The van der Waals surface area contributed by atoms with Gasteiger partial charge >= 0.3 is 6.09 Å². The van der Waals surface area contributed by atoms with Crippen LogP contribution >= 0.6 is 0 Å². The number of hydrogen-bond acceptors (Lipinski definition) is 3. The van der Waals surface area contributed by atoms with E-state index in [9.17, 15) is 9.59 Å². The van der Waals surface area contributed by atoms with Crippen molar-refractivity contribution in [1.29, 1.82) is 0 Å². The van der Waals surface area contributed by atoms with Gasteiger partial charge in [-0.1, -0.05) is 12.1 Å². The van der Waals surface area contributed by atoms with Crippen molar-refractivity contribution in [2.75, 3.05) is 19.7 Å². The molecule has 1 aliphatic rings. The molecule has 0 aliphatic carbocycles. The van der Waals surface area contributed by atoms with Crippen molar-refractivity contribution in [3.8, 4) is 5.69 Å². The fourth-order valence-electron chi connectivity index (χ4n) is 3.18. The molecule has 3 rings (SSSR count). The van der Waals surface area contributed by atoms with Crippen molar-refractivity contribution < 1.29 is 14.3 Å². The summed E-state index contributed by atoms with van der Waals surface area (Å²) in [7, 11) is 0. The second-order valence-corrected chi connectivity index (χ2v) is 6.46. The zero-order chi connectivity index (χ0) is 18.4. The number of aromatic nitrogens is 1. The third-order valence-electron chi connectivity index (χ3n) is 4.59. The Morgan fingerprint density at radius 2 is 1.77 bits per heavy atom. The van der Waals surface area contributed by atoms with Gasteiger partial charge in [-0.3, -0.25) is 4.79 Å². The molecule has 0 atom stereocenters. The van der Waals surface area contributed by atoms with Gasteiger partial charge in [-0.05, 0) is 49.6 Å². The number of nitrogens with zero attached hydrogens (tertiary/aromatic N) is 2.